The van der Waals surface area contributed by atoms with Gasteiger partial charge >= 0.3 is 5.97 Å². The highest BCUT2D eigenvalue weighted by molar-refractivity contribution is 6.14. The third-order valence-electron chi connectivity index (χ3n) is 2.81. The third kappa shape index (κ3) is 3.82. The number of carbonyl (C=O) groups is 2. The lowest BCUT2D eigenvalue weighted by Crippen LogP contribution is -2.26. The zero-order chi connectivity index (χ0) is 17.2. The van der Waals surface area contributed by atoms with Crippen LogP contribution in [-0.4, -0.2) is 27.3 Å². The summed E-state index contributed by atoms with van der Waals surface area (Å²) in [6.45, 7) is 5.14. The highest BCUT2D eigenvalue weighted by atomic mass is 16.6. The van der Waals surface area contributed by atoms with Crippen LogP contribution < -0.4 is 11.5 Å². The molecule has 120 valence electrons. The van der Waals surface area contributed by atoms with Gasteiger partial charge < -0.3 is 16.2 Å². The van der Waals surface area contributed by atoms with Gasteiger partial charge in [-0.3, -0.25) is 4.79 Å². The van der Waals surface area contributed by atoms with Crippen LogP contribution in [-0.2, 0) is 4.74 Å². The van der Waals surface area contributed by atoms with E-state index in [9.17, 15) is 9.59 Å². The average Bonchev–Trinajstić information content (AvgIpc) is 2.45. The van der Waals surface area contributed by atoms with Gasteiger partial charge in [0.1, 0.15) is 22.8 Å². The molecule has 2 rings (SSSR count). The number of hydrogen-bond acceptors (Lipinski definition) is 7. The Balaban J connectivity index is 2.38. The van der Waals surface area contributed by atoms with E-state index in [0.29, 0.717) is 5.56 Å². The van der Waals surface area contributed by atoms with E-state index >= 15 is 0 Å². The lowest BCUT2D eigenvalue weighted by Gasteiger charge is -2.19. The van der Waals surface area contributed by atoms with E-state index in [1.165, 1.54) is 0 Å². The van der Waals surface area contributed by atoms with E-state index < -0.39 is 17.4 Å². The van der Waals surface area contributed by atoms with E-state index in [4.69, 9.17) is 16.2 Å². The Hall–Kier alpha value is -2.96. The number of esters is 1. The molecule has 0 unspecified atom stereocenters. The van der Waals surface area contributed by atoms with Crippen molar-refractivity contribution in [3.63, 3.8) is 0 Å². The molecule has 1 aromatic heterocycles. The Labute approximate surface area is 133 Å². The first-order valence-electron chi connectivity index (χ1n) is 6.95. The number of aromatic nitrogens is 2. The molecule has 0 radical (unpaired) electrons. The lowest BCUT2D eigenvalue weighted by molar-refractivity contribution is 0.00556. The molecule has 0 spiro atoms. The maximum Gasteiger partial charge on any atom is 0.377 e. The fourth-order valence-electron chi connectivity index (χ4n) is 1.88. The highest BCUT2D eigenvalue weighted by Crippen LogP contribution is 2.21. The molecule has 0 aliphatic rings. The molecule has 0 saturated heterocycles. The molecule has 0 amide bonds. The number of nitrogens with zero attached hydrogens (tertiary/aromatic N) is 2. The van der Waals surface area contributed by atoms with Crippen LogP contribution in [0.3, 0.4) is 0 Å². The normalized spacial score (nSPS) is 11.1. The first-order chi connectivity index (χ1) is 10.7. The van der Waals surface area contributed by atoms with Gasteiger partial charge in [0.15, 0.2) is 5.78 Å². The van der Waals surface area contributed by atoms with E-state index in [2.05, 4.69) is 9.97 Å². The van der Waals surface area contributed by atoms with Gasteiger partial charge in [-0.1, -0.05) is 30.3 Å². The minimum Gasteiger partial charge on any atom is -0.454 e. The van der Waals surface area contributed by atoms with Crippen molar-refractivity contribution < 1.29 is 14.3 Å². The number of anilines is 2. The Morgan fingerprint density at radius 2 is 1.52 bits per heavy atom. The van der Waals surface area contributed by atoms with Gasteiger partial charge in [-0.05, 0) is 20.8 Å². The quantitative estimate of drug-likeness (QED) is 0.654. The topological polar surface area (TPSA) is 121 Å². The van der Waals surface area contributed by atoms with Crippen molar-refractivity contribution in [1.29, 1.82) is 0 Å². The van der Waals surface area contributed by atoms with Gasteiger partial charge in [0, 0.05) is 5.56 Å². The molecule has 0 fully saturated rings. The molecule has 0 bridgehead atoms. The summed E-state index contributed by atoms with van der Waals surface area (Å²) >= 11 is 0. The zero-order valence-corrected chi connectivity index (χ0v) is 13.2. The van der Waals surface area contributed by atoms with Crippen LogP contribution >= 0.6 is 0 Å². The summed E-state index contributed by atoms with van der Waals surface area (Å²) in [5.41, 5.74) is 11.3. The smallest absolute Gasteiger partial charge is 0.377 e. The summed E-state index contributed by atoms with van der Waals surface area (Å²) in [5, 5.41) is 0. The van der Waals surface area contributed by atoms with Crippen molar-refractivity contribution >= 4 is 23.4 Å². The Bertz CT molecular complexity index is 729. The summed E-state index contributed by atoms with van der Waals surface area (Å²) in [7, 11) is 0. The molecule has 1 heterocycles. The summed E-state index contributed by atoms with van der Waals surface area (Å²) in [6, 6.07) is 8.47. The Morgan fingerprint density at radius 1 is 1.00 bits per heavy atom. The van der Waals surface area contributed by atoms with Crippen molar-refractivity contribution in [2.75, 3.05) is 11.5 Å². The van der Waals surface area contributed by atoms with Gasteiger partial charge in [-0.15, -0.1) is 0 Å². The van der Waals surface area contributed by atoms with E-state index in [-0.39, 0.29) is 23.0 Å². The van der Waals surface area contributed by atoms with Crippen LogP contribution in [0.5, 0.6) is 0 Å². The molecular formula is C16H18N4O3. The van der Waals surface area contributed by atoms with Crippen LogP contribution in [0.2, 0.25) is 0 Å². The molecule has 1 aromatic carbocycles. The number of rotatable bonds is 3. The number of nitrogen functional groups attached to an aromatic ring is 2. The number of ether oxygens (including phenoxy) is 1. The predicted octanol–water partition coefficient (Wildman–Crippen LogP) is 1.83. The molecule has 4 N–H and O–H groups in total. The van der Waals surface area contributed by atoms with Crippen LogP contribution in [0.15, 0.2) is 30.3 Å². The molecule has 0 atom stereocenters. The maximum absolute atomic E-state index is 12.4. The van der Waals surface area contributed by atoms with Crippen LogP contribution in [0.1, 0.15) is 47.3 Å². The first kappa shape index (κ1) is 16.4. The monoisotopic (exact) mass is 314 g/mol. The fourth-order valence-corrected chi connectivity index (χ4v) is 1.88. The molecule has 7 nitrogen and oxygen atoms in total. The van der Waals surface area contributed by atoms with Gasteiger partial charge in [-0.25, -0.2) is 14.8 Å². The van der Waals surface area contributed by atoms with Crippen molar-refractivity contribution in [1.82, 2.24) is 9.97 Å². The van der Waals surface area contributed by atoms with Gasteiger partial charge in [0.05, 0.1) is 0 Å². The Kier molecular flexibility index (Phi) is 4.31. The van der Waals surface area contributed by atoms with Crippen LogP contribution in [0.4, 0.5) is 11.6 Å². The second-order valence-corrected chi connectivity index (χ2v) is 5.89. The molecule has 0 aliphatic carbocycles. The average molecular weight is 314 g/mol. The van der Waals surface area contributed by atoms with Gasteiger partial charge in [0.25, 0.3) is 0 Å². The van der Waals surface area contributed by atoms with Crippen molar-refractivity contribution in [3.05, 3.63) is 47.3 Å². The standard InChI is InChI=1S/C16H18N4O3/c1-16(2,3)23-15(22)14-19-12(17)10(13(18)20-14)11(21)9-7-5-4-6-8-9/h4-8H,1-3H3,(H4,17,18,19,20). The van der Waals surface area contributed by atoms with E-state index in [1.807, 2.05) is 0 Å². The molecule has 0 aliphatic heterocycles. The first-order valence-corrected chi connectivity index (χ1v) is 6.95. The summed E-state index contributed by atoms with van der Waals surface area (Å²) < 4.78 is 5.16. The summed E-state index contributed by atoms with van der Waals surface area (Å²) in [6.07, 6.45) is 0. The number of hydrogen-bond donors (Lipinski definition) is 2. The highest BCUT2D eigenvalue weighted by Gasteiger charge is 2.24. The van der Waals surface area contributed by atoms with Crippen molar-refractivity contribution in [3.8, 4) is 0 Å². The summed E-state index contributed by atoms with van der Waals surface area (Å²) in [4.78, 5) is 32.1. The molecule has 23 heavy (non-hydrogen) atoms. The van der Waals surface area contributed by atoms with Gasteiger partial charge in [0.2, 0.25) is 5.82 Å². The second-order valence-electron chi connectivity index (χ2n) is 5.89. The fraction of sp³-hybridized carbons (Fsp3) is 0.250. The largest absolute Gasteiger partial charge is 0.454 e. The lowest BCUT2D eigenvalue weighted by atomic mass is 10.0. The number of benzene rings is 1. The van der Waals surface area contributed by atoms with E-state index in [1.54, 1.807) is 51.1 Å². The SMILES string of the molecule is CC(C)(C)OC(=O)c1nc(N)c(C(=O)c2ccccc2)c(N)n1. The van der Waals surface area contributed by atoms with Crippen molar-refractivity contribution in [2.24, 2.45) is 0 Å². The maximum atomic E-state index is 12.4. The number of ketones is 1. The molecule has 7 heteroatoms. The molecule has 2 aromatic rings. The second kappa shape index (κ2) is 6.04. The molecule has 0 saturated carbocycles. The van der Waals surface area contributed by atoms with Crippen LogP contribution in [0.25, 0.3) is 0 Å². The minimum absolute atomic E-state index is 0.0245. The zero-order valence-electron chi connectivity index (χ0n) is 13.2. The summed E-state index contributed by atoms with van der Waals surface area (Å²) in [5.74, 6) is -1.76. The van der Waals surface area contributed by atoms with Crippen LogP contribution in [0, 0.1) is 0 Å². The van der Waals surface area contributed by atoms with Crippen molar-refractivity contribution in [2.45, 2.75) is 26.4 Å². The Morgan fingerprint density at radius 3 is 2.00 bits per heavy atom. The third-order valence-corrected chi connectivity index (χ3v) is 2.81. The predicted molar refractivity (Wildman–Crippen MR) is 85.9 cm³/mol. The molecular weight excluding hydrogens is 296 g/mol. The number of carbonyl (C=O) groups excluding carboxylic acids is 2. The minimum atomic E-state index is -0.755. The number of nitrogens with two attached hydrogens (primary N) is 2. The van der Waals surface area contributed by atoms with Gasteiger partial charge in [-0.2, -0.15) is 0 Å². The van der Waals surface area contributed by atoms with E-state index in [0.717, 1.165) is 0 Å².